The zero-order valence-electron chi connectivity index (χ0n) is 13.1. The molecule has 0 aliphatic carbocycles. The maximum absolute atomic E-state index is 12.7. The third kappa shape index (κ3) is 4.06. The van der Waals surface area contributed by atoms with Gasteiger partial charge in [-0.1, -0.05) is 35.6 Å². The molecule has 0 atom stereocenters. The fourth-order valence-electron chi connectivity index (χ4n) is 2.28. The van der Waals surface area contributed by atoms with E-state index in [0.717, 1.165) is 27.9 Å². The summed E-state index contributed by atoms with van der Waals surface area (Å²) < 4.78 is 39.0. The second-order valence-corrected chi connectivity index (χ2v) is 6.42. The molecule has 1 aromatic heterocycles. The molecule has 1 amide bonds. The van der Waals surface area contributed by atoms with Crippen LogP contribution in [-0.2, 0) is 11.0 Å². The number of hydrogen-bond donors (Lipinski definition) is 1. The molecule has 1 N–H and O–H groups in total. The van der Waals surface area contributed by atoms with Crippen LogP contribution in [-0.4, -0.2) is 10.9 Å². The van der Waals surface area contributed by atoms with E-state index in [1.165, 1.54) is 35.6 Å². The Morgan fingerprint density at radius 3 is 2.68 bits per heavy atom. The van der Waals surface area contributed by atoms with Gasteiger partial charge in [-0.2, -0.15) is 13.2 Å². The van der Waals surface area contributed by atoms with Crippen molar-refractivity contribution in [3.8, 4) is 0 Å². The van der Waals surface area contributed by atoms with E-state index >= 15 is 0 Å². The summed E-state index contributed by atoms with van der Waals surface area (Å²) in [6.07, 6.45) is -1.89. The van der Waals surface area contributed by atoms with Crippen LogP contribution in [0.15, 0.2) is 48.5 Å². The summed E-state index contributed by atoms with van der Waals surface area (Å²) in [6.45, 7) is 1.93. The number of thiazole rings is 1. The highest BCUT2D eigenvalue weighted by molar-refractivity contribution is 7.22. The summed E-state index contributed by atoms with van der Waals surface area (Å²) in [6, 6.07) is 10.5. The molecule has 1 heterocycles. The van der Waals surface area contributed by atoms with Gasteiger partial charge >= 0.3 is 6.18 Å². The second kappa shape index (κ2) is 6.68. The monoisotopic (exact) mass is 362 g/mol. The molecule has 25 heavy (non-hydrogen) atoms. The van der Waals surface area contributed by atoms with Crippen molar-refractivity contribution in [2.24, 2.45) is 0 Å². The lowest BCUT2D eigenvalue weighted by Gasteiger charge is -2.06. The normalized spacial score (nSPS) is 12.0. The number of para-hydroxylation sites is 1. The summed E-state index contributed by atoms with van der Waals surface area (Å²) in [5.74, 6) is -0.450. The Morgan fingerprint density at radius 1 is 1.20 bits per heavy atom. The number of anilines is 1. The van der Waals surface area contributed by atoms with E-state index in [9.17, 15) is 18.0 Å². The molecular formula is C18H13F3N2OS. The van der Waals surface area contributed by atoms with Crippen molar-refractivity contribution >= 4 is 38.7 Å². The van der Waals surface area contributed by atoms with Crippen molar-refractivity contribution < 1.29 is 18.0 Å². The molecule has 0 spiro atoms. The summed E-state index contributed by atoms with van der Waals surface area (Å²) in [5.41, 5.74) is 1.38. The molecule has 0 aliphatic rings. The first-order chi connectivity index (χ1) is 11.8. The van der Waals surface area contributed by atoms with Gasteiger partial charge in [0.2, 0.25) is 5.91 Å². The number of aromatic nitrogens is 1. The smallest absolute Gasteiger partial charge is 0.298 e. The number of nitrogens with zero attached hydrogens (tertiary/aromatic N) is 1. The van der Waals surface area contributed by atoms with Gasteiger partial charge in [0.25, 0.3) is 0 Å². The van der Waals surface area contributed by atoms with Gasteiger partial charge in [-0.3, -0.25) is 10.1 Å². The lowest BCUT2D eigenvalue weighted by molar-refractivity contribution is -0.137. The maximum atomic E-state index is 12.7. The quantitative estimate of drug-likeness (QED) is 0.645. The first-order valence-electron chi connectivity index (χ1n) is 7.35. The van der Waals surface area contributed by atoms with E-state index in [1.807, 2.05) is 25.1 Å². The Labute approximate surface area is 145 Å². The Kier molecular flexibility index (Phi) is 4.59. The number of carbonyl (C=O) groups excluding carboxylic acids is 1. The predicted octanol–water partition coefficient (Wildman–Crippen LogP) is 5.28. The van der Waals surface area contributed by atoms with Crippen molar-refractivity contribution in [2.75, 3.05) is 5.32 Å². The Bertz CT molecular complexity index is 960. The fraction of sp³-hybridized carbons (Fsp3) is 0.111. The topological polar surface area (TPSA) is 42.0 Å². The number of alkyl halides is 3. The van der Waals surface area contributed by atoms with Gasteiger partial charge in [0, 0.05) is 6.08 Å². The van der Waals surface area contributed by atoms with Crippen LogP contribution in [0.5, 0.6) is 0 Å². The Hall–Kier alpha value is -2.67. The van der Waals surface area contributed by atoms with Gasteiger partial charge in [-0.15, -0.1) is 0 Å². The van der Waals surface area contributed by atoms with Crippen LogP contribution in [0.25, 0.3) is 16.3 Å². The lowest BCUT2D eigenvalue weighted by Crippen LogP contribution is -2.07. The minimum absolute atomic E-state index is 0.296. The molecule has 3 aromatic rings. The van der Waals surface area contributed by atoms with Crippen LogP contribution in [0.4, 0.5) is 18.3 Å². The van der Waals surface area contributed by atoms with E-state index in [4.69, 9.17) is 0 Å². The minimum Gasteiger partial charge on any atom is -0.298 e. The average Bonchev–Trinajstić information content (AvgIpc) is 2.96. The first kappa shape index (κ1) is 17.2. The largest absolute Gasteiger partial charge is 0.416 e. The van der Waals surface area contributed by atoms with Gasteiger partial charge in [-0.05, 0) is 42.3 Å². The number of amides is 1. The van der Waals surface area contributed by atoms with Gasteiger partial charge in [0.1, 0.15) is 0 Å². The van der Waals surface area contributed by atoms with E-state index < -0.39 is 17.6 Å². The molecule has 7 heteroatoms. The zero-order chi connectivity index (χ0) is 18.0. The number of aryl methyl sites for hydroxylation is 1. The molecular weight excluding hydrogens is 349 g/mol. The molecule has 2 aromatic carbocycles. The average molecular weight is 362 g/mol. The molecule has 3 rings (SSSR count). The molecule has 0 unspecified atom stereocenters. The van der Waals surface area contributed by atoms with Crippen LogP contribution in [0.3, 0.4) is 0 Å². The summed E-state index contributed by atoms with van der Waals surface area (Å²) in [7, 11) is 0. The highest BCUT2D eigenvalue weighted by Crippen LogP contribution is 2.30. The van der Waals surface area contributed by atoms with Crippen molar-refractivity contribution in [1.29, 1.82) is 0 Å². The molecule has 0 saturated carbocycles. The molecule has 0 saturated heterocycles. The molecule has 0 radical (unpaired) electrons. The van der Waals surface area contributed by atoms with Gasteiger partial charge < -0.3 is 0 Å². The number of hydrogen-bond acceptors (Lipinski definition) is 3. The highest BCUT2D eigenvalue weighted by atomic mass is 32.1. The van der Waals surface area contributed by atoms with E-state index in [-0.39, 0.29) is 0 Å². The van der Waals surface area contributed by atoms with E-state index in [0.29, 0.717) is 10.7 Å². The highest BCUT2D eigenvalue weighted by Gasteiger charge is 2.30. The number of rotatable bonds is 3. The van der Waals surface area contributed by atoms with Crippen molar-refractivity contribution in [1.82, 2.24) is 4.98 Å². The SMILES string of the molecule is Cc1cccc2sc(NC(=O)C=Cc3cccc(C(F)(F)F)c3)nc12. The number of halogens is 3. The van der Waals surface area contributed by atoms with E-state index in [1.54, 1.807) is 0 Å². The van der Waals surface area contributed by atoms with Crippen LogP contribution in [0.2, 0.25) is 0 Å². The van der Waals surface area contributed by atoms with Gasteiger partial charge in [-0.25, -0.2) is 4.98 Å². The number of nitrogens with one attached hydrogen (secondary N) is 1. The third-order valence-corrected chi connectivity index (χ3v) is 4.43. The molecule has 0 aliphatic heterocycles. The zero-order valence-corrected chi connectivity index (χ0v) is 13.9. The van der Waals surface area contributed by atoms with Gasteiger partial charge in [0.15, 0.2) is 5.13 Å². The fourth-order valence-corrected chi connectivity index (χ4v) is 3.22. The van der Waals surface area contributed by atoms with Crippen molar-refractivity contribution in [3.63, 3.8) is 0 Å². The molecule has 3 nitrogen and oxygen atoms in total. The third-order valence-electron chi connectivity index (χ3n) is 3.49. The van der Waals surface area contributed by atoms with Crippen LogP contribution in [0.1, 0.15) is 16.7 Å². The maximum Gasteiger partial charge on any atom is 0.416 e. The summed E-state index contributed by atoms with van der Waals surface area (Å²) in [4.78, 5) is 16.3. The molecule has 128 valence electrons. The minimum atomic E-state index is -4.41. The standard InChI is InChI=1S/C18H13F3N2OS/c1-11-4-2-7-14-16(11)23-17(25-14)22-15(24)9-8-12-5-3-6-13(10-12)18(19,20)21/h2-10H,1H3,(H,22,23,24). The lowest BCUT2D eigenvalue weighted by atomic mass is 10.1. The molecule has 0 fully saturated rings. The van der Waals surface area contributed by atoms with E-state index in [2.05, 4.69) is 10.3 Å². The number of fused-ring (bicyclic) bond motifs is 1. The molecule has 0 bridgehead atoms. The first-order valence-corrected chi connectivity index (χ1v) is 8.17. The van der Waals surface area contributed by atoms with Crippen molar-refractivity contribution in [3.05, 3.63) is 65.2 Å². The predicted molar refractivity (Wildman–Crippen MR) is 93.5 cm³/mol. The van der Waals surface area contributed by atoms with Crippen LogP contribution >= 0.6 is 11.3 Å². The summed E-state index contributed by atoms with van der Waals surface area (Å²) in [5, 5.41) is 3.08. The number of carbonyl (C=O) groups is 1. The number of benzene rings is 2. The Morgan fingerprint density at radius 2 is 1.96 bits per heavy atom. The van der Waals surface area contributed by atoms with Crippen LogP contribution in [0, 0.1) is 6.92 Å². The summed E-state index contributed by atoms with van der Waals surface area (Å²) >= 11 is 1.34. The van der Waals surface area contributed by atoms with Gasteiger partial charge in [0.05, 0.1) is 15.8 Å². The van der Waals surface area contributed by atoms with Crippen LogP contribution < -0.4 is 5.32 Å². The Balaban J connectivity index is 1.73. The van der Waals surface area contributed by atoms with Crippen molar-refractivity contribution in [2.45, 2.75) is 13.1 Å². The second-order valence-electron chi connectivity index (χ2n) is 5.39.